The van der Waals surface area contributed by atoms with Crippen LogP contribution < -0.4 is 0 Å². The van der Waals surface area contributed by atoms with Crippen molar-refractivity contribution in [3.63, 3.8) is 0 Å². The third-order valence-electron chi connectivity index (χ3n) is 2.46. The molecule has 1 N–H and O–H groups in total. The Bertz CT molecular complexity index is 307. The fraction of sp³-hybridized carbons (Fsp3) is 0.462. The summed E-state index contributed by atoms with van der Waals surface area (Å²) in [5.41, 5.74) is 0.951. The van der Waals surface area contributed by atoms with Crippen LogP contribution in [0.3, 0.4) is 0 Å². The molecule has 0 bridgehead atoms. The van der Waals surface area contributed by atoms with Gasteiger partial charge >= 0.3 is 8.80 Å². The maximum atomic E-state index is 6.82. The molecule has 0 fully saturated rings. The van der Waals surface area contributed by atoms with Gasteiger partial charge in [0.15, 0.2) is 0 Å². The van der Waals surface area contributed by atoms with Crippen LogP contribution in [0.25, 0.3) is 0 Å². The fourth-order valence-corrected chi connectivity index (χ4v) is 3.14. The predicted octanol–water partition coefficient (Wildman–Crippen LogP) is 2.96. The average Bonchev–Trinajstić information content (AvgIpc) is 2.46. The van der Waals surface area contributed by atoms with Crippen molar-refractivity contribution in [3.05, 3.63) is 35.9 Å². The quantitative estimate of drug-likeness (QED) is 0.638. The van der Waals surface area contributed by atoms with E-state index in [0.29, 0.717) is 0 Å². The summed E-state index contributed by atoms with van der Waals surface area (Å²) in [5, 5.41) is 6.82. The summed E-state index contributed by atoms with van der Waals surface area (Å²) >= 11 is 0. The monoisotopic (exact) mass is 269 g/mol. The lowest BCUT2D eigenvalue weighted by Crippen LogP contribution is -2.42. The van der Waals surface area contributed by atoms with Crippen molar-refractivity contribution in [2.75, 3.05) is 21.3 Å². The van der Waals surface area contributed by atoms with Gasteiger partial charge in [-0.3, -0.25) is 0 Å². The molecule has 0 spiro atoms. The topological polar surface area (TPSA) is 51.5 Å². The molecule has 1 aromatic carbocycles. The van der Waals surface area contributed by atoms with E-state index >= 15 is 0 Å². The van der Waals surface area contributed by atoms with E-state index < -0.39 is 8.80 Å². The molecule has 0 aromatic heterocycles. The second-order valence-corrected chi connectivity index (χ2v) is 6.69. The maximum Gasteiger partial charge on any atom is 0.500 e. The van der Waals surface area contributed by atoms with Gasteiger partial charge in [0.25, 0.3) is 0 Å². The molecule has 5 heteroatoms. The van der Waals surface area contributed by atoms with Crippen molar-refractivity contribution in [1.29, 1.82) is 5.41 Å². The van der Waals surface area contributed by atoms with Gasteiger partial charge in [-0.05, 0) is 5.56 Å². The van der Waals surface area contributed by atoms with E-state index in [-0.39, 0.29) is 0 Å². The molecule has 102 valence electrons. The molecule has 0 unspecified atom stereocenters. The number of rotatable bonds is 6. The summed E-state index contributed by atoms with van der Waals surface area (Å²) in [6, 6.07) is 10.4. The minimum absolute atomic E-state index is 0.885. The van der Waals surface area contributed by atoms with Gasteiger partial charge in [-0.2, -0.15) is 0 Å². The first-order valence-electron chi connectivity index (χ1n) is 5.89. The van der Waals surface area contributed by atoms with Gasteiger partial charge in [0.2, 0.25) is 0 Å². The Kier molecular flexibility index (Phi) is 9.40. The zero-order chi connectivity index (χ0) is 13.9. The Morgan fingerprint density at radius 1 is 1.06 bits per heavy atom. The molecule has 0 aliphatic carbocycles. The van der Waals surface area contributed by atoms with Gasteiger partial charge in [0.05, 0.1) is 0 Å². The smallest absolute Gasteiger partial charge is 0.377 e. The Morgan fingerprint density at radius 2 is 1.56 bits per heavy atom. The third-order valence-corrected chi connectivity index (χ3v) is 5.43. The molecule has 0 radical (unpaired) electrons. The van der Waals surface area contributed by atoms with E-state index in [1.807, 2.05) is 30.3 Å². The van der Waals surface area contributed by atoms with Crippen LogP contribution in [0.5, 0.6) is 0 Å². The lowest BCUT2D eigenvalue weighted by atomic mass is 10.2. The molecule has 18 heavy (non-hydrogen) atoms. The second-order valence-electron chi connectivity index (χ2n) is 3.60. The van der Waals surface area contributed by atoms with Crippen molar-refractivity contribution in [2.45, 2.75) is 19.4 Å². The summed E-state index contributed by atoms with van der Waals surface area (Å²) in [5.74, 6) is 0. The number of benzene rings is 1. The highest BCUT2D eigenvalue weighted by Gasteiger charge is 2.36. The Balaban J connectivity index is 0.000000327. The molecule has 0 aliphatic heterocycles. The zero-order valence-corrected chi connectivity index (χ0v) is 12.6. The van der Waals surface area contributed by atoms with Crippen LogP contribution in [-0.4, -0.2) is 36.3 Å². The number of hydrogen-bond acceptors (Lipinski definition) is 4. The highest BCUT2D eigenvalue weighted by Crippen LogP contribution is 2.13. The van der Waals surface area contributed by atoms with Crippen molar-refractivity contribution in [1.82, 2.24) is 0 Å². The standard InChI is InChI=1S/C7H7N.C6H16O3Si/c8-6-7-4-2-1-3-5-7;1-5-6-10(7-2,8-3)9-4/h1-6,8H;5-6H2,1-4H3. The molecule has 4 nitrogen and oxygen atoms in total. The van der Waals surface area contributed by atoms with Crippen LogP contribution in [0.4, 0.5) is 0 Å². The van der Waals surface area contributed by atoms with Crippen molar-refractivity contribution < 1.29 is 13.3 Å². The SMILES string of the molecule is CCC[Si](OC)(OC)OC.N=Cc1ccccc1. The van der Waals surface area contributed by atoms with Crippen LogP contribution in [0.2, 0.25) is 6.04 Å². The van der Waals surface area contributed by atoms with E-state index in [9.17, 15) is 0 Å². The van der Waals surface area contributed by atoms with Gasteiger partial charge in [-0.1, -0.05) is 43.7 Å². The van der Waals surface area contributed by atoms with Gasteiger partial charge in [-0.15, -0.1) is 0 Å². The minimum Gasteiger partial charge on any atom is -0.377 e. The molecule has 0 amide bonds. The van der Waals surface area contributed by atoms with Gasteiger partial charge in [0.1, 0.15) is 0 Å². The number of hydrogen-bond donors (Lipinski definition) is 1. The zero-order valence-electron chi connectivity index (χ0n) is 11.6. The second kappa shape index (κ2) is 9.96. The lowest BCUT2D eigenvalue weighted by Gasteiger charge is -2.23. The molecule has 0 saturated heterocycles. The van der Waals surface area contributed by atoms with Gasteiger partial charge in [0, 0.05) is 33.6 Å². The van der Waals surface area contributed by atoms with Crippen LogP contribution in [-0.2, 0) is 13.3 Å². The first-order chi connectivity index (χ1) is 8.67. The van der Waals surface area contributed by atoms with Gasteiger partial charge in [-0.25, -0.2) is 0 Å². The van der Waals surface area contributed by atoms with Crippen LogP contribution in [0.15, 0.2) is 30.3 Å². The summed E-state index contributed by atoms with van der Waals surface area (Å²) in [7, 11) is 2.68. The molecule has 0 saturated carbocycles. The molecule has 0 aliphatic rings. The Morgan fingerprint density at radius 3 is 1.78 bits per heavy atom. The van der Waals surface area contributed by atoms with Crippen LogP contribution in [0, 0.1) is 5.41 Å². The summed E-state index contributed by atoms with van der Waals surface area (Å²) in [6.07, 6.45) is 2.36. The Labute approximate surface area is 111 Å². The molecular weight excluding hydrogens is 246 g/mol. The van der Waals surface area contributed by atoms with E-state index in [4.69, 9.17) is 18.7 Å². The molecule has 0 atom stereocenters. The fourth-order valence-electron chi connectivity index (χ4n) is 1.41. The molecule has 0 heterocycles. The largest absolute Gasteiger partial charge is 0.500 e. The minimum atomic E-state index is -2.22. The lowest BCUT2D eigenvalue weighted by molar-refractivity contribution is 0.123. The van der Waals surface area contributed by atoms with Crippen LogP contribution >= 0.6 is 0 Å². The van der Waals surface area contributed by atoms with E-state index in [1.165, 1.54) is 6.21 Å². The van der Waals surface area contributed by atoms with E-state index in [1.54, 1.807) is 21.3 Å². The molecular formula is C13H23NO3Si. The van der Waals surface area contributed by atoms with Crippen molar-refractivity contribution in [3.8, 4) is 0 Å². The van der Waals surface area contributed by atoms with E-state index in [0.717, 1.165) is 18.0 Å². The van der Waals surface area contributed by atoms with E-state index in [2.05, 4.69) is 6.92 Å². The number of nitrogens with one attached hydrogen (secondary N) is 1. The maximum absolute atomic E-state index is 6.82. The Hall–Kier alpha value is -1.01. The summed E-state index contributed by atoms with van der Waals surface area (Å²) in [4.78, 5) is 0. The molecule has 1 aromatic rings. The first-order valence-corrected chi connectivity index (χ1v) is 7.82. The summed E-state index contributed by atoms with van der Waals surface area (Å²) in [6.45, 7) is 2.08. The van der Waals surface area contributed by atoms with Crippen molar-refractivity contribution in [2.24, 2.45) is 0 Å². The van der Waals surface area contributed by atoms with Gasteiger partial charge < -0.3 is 18.7 Å². The normalized spacial score (nSPS) is 10.4. The summed E-state index contributed by atoms with van der Waals surface area (Å²) < 4.78 is 15.5. The highest BCUT2D eigenvalue weighted by molar-refractivity contribution is 6.60. The van der Waals surface area contributed by atoms with Crippen LogP contribution in [0.1, 0.15) is 18.9 Å². The highest BCUT2D eigenvalue weighted by atomic mass is 28.4. The van der Waals surface area contributed by atoms with Crippen molar-refractivity contribution >= 4 is 15.0 Å². The average molecular weight is 269 g/mol. The first kappa shape index (κ1) is 17.0. The predicted molar refractivity (Wildman–Crippen MR) is 76.2 cm³/mol. The third kappa shape index (κ3) is 6.06. The molecule has 1 rings (SSSR count).